The Morgan fingerprint density at radius 2 is 1.86 bits per heavy atom. The van der Waals surface area contributed by atoms with Crippen LogP contribution < -0.4 is 14.2 Å². The van der Waals surface area contributed by atoms with Gasteiger partial charge in [-0.1, -0.05) is 44.2 Å². The van der Waals surface area contributed by atoms with Gasteiger partial charge in [0.1, 0.15) is 24.0 Å². The Bertz CT molecular complexity index is 1300. The minimum Gasteiger partial charge on any atom is -0.493 e. The van der Waals surface area contributed by atoms with Gasteiger partial charge in [-0.3, -0.25) is 10.2 Å². The van der Waals surface area contributed by atoms with Crippen molar-refractivity contribution < 1.29 is 19.0 Å². The van der Waals surface area contributed by atoms with Crippen molar-refractivity contribution in [3.05, 3.63) is 71.8 Å². The molecule has 4 rings (SSSR count). The number of rotatable bonds is 11. The summed E-state index contributed by atoms with van der Waals surface area (Å²) >= 11 is 1.34. The molecule has 2 aromatic carbocycles. The van der Waals surface area contributed by atoms with E-state index < -0.39 is 5.91 Å². The second-order valence-corrected chi connectivity index (χ2v) is 9.86. The van der Waals surface area contributed by atoms with Crippen molar-refractivity contribution in [3.63, 3.8) is 0 Å². The molecule has 2 heterocycles. The van der Waals surface area contributed by atoms with Gasteiger partial charge < -0.3 is 14.2 Å². The maximum Gasteiger partial charge on any atom is 0.283 e. The van der Waals surface area contributed by atoms with Crippen LogP contribution in [0.3, 0.4) is 0 Å². The first-order valence-electron chi connectivity index (χ1n) is 12.0. The Morgan fingerprint density at radius 1 is 1.11 bits per heavy atom. The number of aliphatic imine (C=N–C) groups is 1. The molecule has 2 aliphatic heterocycles. The molecule has 192 valence electrons. The number of nitrogens with one attached hydrogen (secondary N) is 1. The third kappa shape index (κ3) is 6.29. The molecular weight excluding hydrogens is 488 g/mol. The van der Waals surface area contributed by atoms with E-state index in [-0.39, 0.29) is 11.4 Å². The van der Waals surface area contributed by atoms with Gasteiger partial charge in [-0.15, -0.1) is 6.58 Å². The van der Waals surface area contributed by atoms with Gasteiger partial charge in [-0.25, -0.2) is 0 Å². The molecule has 9 heteroatoms. The number of benzene rings is 2. The Kier molecular flexibility index (Phi) is 8.45. The highest BCUT2D eigenvalue weighted by molar-refractivity contribution is 8.26. The first kappa shape index (κ1) is 26.2. The van der Waals surface area contributed by atoms with E-state index in [1.807, 2.05) is 30.3 Å². The molecule has 0 aromatic heterocycles. The molecule has 0 fully saturated rings. The number of hydrogen-bond donors (Lipinski definition) is 1. The Labute approximate surface area is 221 Å². The molecule has 1 amide bonds. The maximum absolute atomic E-state index is 12.7. The number of amides is 1. The van der Waals surface area contributed by atoms with E-state index in [1.165, 1.54) is 16.8 Å². The predicted octanol–water partition coefficient (Wildman–Crippen LogP) is 5.55. The third-order valence-electron chi connectivity index (χ3n) is 5.51. The molecule has 2 aliphatic rings. The highest BCUT2D eigenvalue weighted by Crippen LogP contribution is 2.32. The van der Waals surface area contributed by atoms with Crippen molar-refractivity contribution in [2.24, 2.45) is 16.0 Å². The van der Waals surface area contributed by atoms with Crippen LogP contribution in [0.5, 0.6) is 17.2 Å². The summed E-state index contributed by atoms with van der Waals surface area (Å²) in [6, 6.07) is 13.2. The van der Waals surface area contributed by atoms with Gasteiger partial charge >= 0.3 is 0 Å². The van der Waals surface area contributed by atoms with Crippen LogP contribution >= 0.6 is 11.8 Å². The number of ether oxygens (including phenoxy) is 3. The Morgan fingerprint density at radius 3 is 2.59 bits per heavy atom. The molecule has 0 bridgehead atoms. The van der Waals surface area contributed by atoms with E-state index in [0.29, 0.717) is 41.4 Å². The second-order valence-electron chi connectivity index (χ2n) is 8.82. The van der Waals surface area contributed by atoms with Gasteiger partial charge in [0.25, 0.3) is 5.91 Å². The fraction of sp³-hybridized carbons (Fsp3) is 0.286. The number of hydrogen-bond acceptors (Lipinski definition) is 7. The molecule has 0 saturated heterocycles. The van der Waals surface area contributed by atoms with Crippen LogP contribution in [0.25, 0.3) is 6.08 Å². The third-order valence-corrected chi connectivity index (χ3v) is 6.44. The van der Waals surface area contributed by atoms with Crippen LogP contribution in [0.2, 0.25) is 0 Å². The summed E-state index contributed by atoms with van der Waals surface area (Å²) in [4.78, 5) is 16.8. The van der Waals surface area contributed by atoms with Gasteiger partial charge in [-0.2, -0.15) is 15.1 Å². The SMILES string of the molecule is C=CCc1ccccc1OCCOc1ccc(C=C2C(=N)N3N=C(CC(C)C)SC3=NC2=O)cc1OC. The Balaban J connectivity index is 1.43. The molecule has 2 aromatic rings. The zero-order chi connectivity index (χ0) is 26.4. The van der Waals surface area contributed by atoms with Crippen LogP contribution in [0, 0.1) is 11.3 Å². The molecule has 0 saturated carbocycles. The zero-order valence-electron chi connectivity index (χ0n) is 21.2. The lowest BCUT2D eigenvalue weighted by Gasteiger charge is -2.20. The number of carbonyl (C=O) groups excluding carboxylic acids is 1. The van der Waals surface area contributed by atoms with Crippen molar-refractivity contribution in [1.29, 1.82) is 5.41 Å². The van der Waals surface area contributed by atoms with E-state index in [1.54, 1.807) is 31.4 Å². The number of thioether (sulfide) groups is 1. The largest absolute Gasteiger partial charge is 0.493 e. The van der Waals surface area contributed by atoms with Crippen molar-refractivity contribution in [1.82, 2.24) is 5.01 Å². The first-order chi connectivity index (χ1) is 17.9. The standard InChI is InChI=1S/C28H30N4O4S/c1-5-8-20-9-6-7-10-22(20)35-13-14-36-23-12-11-19(17-24(23)34-4)16-21-26(29)32-28(30-27(21)33)37-25(31-32)15-18(2)3/h5-7,9-12,16-18,29H,1,8,13-15H2,2-4H3. The highest BCUT2D eigenvalue weighted by Gasteiger charge is 2.35. The highest BCUT2D eigenvalue weighted by atomic mass is 32.2. The second kappa shape index (κ2) is 11.9. The smallest absolute Gasteiger partial charge is 0.283 e. The van der Waals surface area contributed by atoms with Gasteiger partial charge in [0, 0.05) is 6.42 Å². The molecule has 0 spiro atoms. The van der Waals surface area contributed by atoms with Crippen molar-refractivity contribution in [3.8, 4) is 17.2 Å². The number of fused-ring (bicyclic) bond motifs is 1. The average Bonchev–Trinajstić information content (AvgIpc) is 3.27. The first-order valence-corrected chi connectivity index (χ1v) is 12.8. The normalized spacial score (nSPS) is 16.0. The lowest BCUT2D eigenvalue weighted by molar-refractivity contribution is -0.114. The summed E-state index contributed by atoms with van der Waals surface area (Å²) in [6.45, 7) is 8.67. The fourth-order valence-electron chi connectivity index (χ4n) is 3.80. The minimum atomic E-state index is -0.460. The Hall–Kier alpha value is -3.85. The van der Waals surface area contributed by atoms with E-state index in [2.05, 4.69) is 30.5 Å². The maximum atomic E-state index is 12.7. The summed E-state index contributed by atoms with van der Waals surface area (Å²) in [5, 5.41) is 15.7. The quantitative estimate of drug-likeness (QED) is 0.238. The molecule has 0 radical (unpaired) electrons. The van der Waals surface area contributed by atoms with Crippen LogP contribution in [0.4, 0.5) is 0 Å². The average molecular weight is 519 g/mol. The van der Waals surface area contributed by atoms with E-state index in [9.17, 15) is 4.79 Å². The van der Waals surface area contributed by atoms with Crippen molar-refractivity contribution in [2.45, 2.75) is 26.7 Å². The molecule has 0 unspecified atom stereocenters. The van der Waals surface area contributed by atoms with Gasteiger partial charge in [-0.05, 0) is 59.5 Å². The summed E-state index contributed by atoms with van der Waals surface area (Å²) < 4.78 is 17.3. The van der Waals surface area contributed by atoms with Crippen LogP contribution in [-0.2, 0) is 11.2 Å². The number of hydrazone groups is 1. The van der Waals surface area contributed by atoms with E-state index >= 15 is 0 Å². The van der Waals surface area contributed by atoms with Crippen LogP contribution in [-0.4, -0.2) is 47.3 Å². The van der Waals surface area contributed by atoms with Crippen LogP contribution in [0.15, 0.2) is 70.8 Å². The minimum absolute atomic E-state index is 0.00873. The number of methoxy groups -OCH3 is 1. The topological polar surface area (TPSA) is 96.6 Å². The predicted molar refractivity (Wildman–Crippen MR) is 149 cm³/mol. The van der Waals surface area contributed by atoms with E-state index in [0.717, 1.165) is 29.2 Å². The summed E-state index contributed by atoms with van der Waals surface area (Å²) in [6.07, 6.45) is 4.97. The monoisotopic (exact) mass is 518 g/mol. The number of allylic oxidation sites excluding steroid dienone is 1. The van der Waals surface area contributed by atoms with Crippen LogP contribution in [0.1, 0.15) is 31.4 Å². The number of amidine groups is 2. The molecule has 0 atom stereocenters. The number of carbonyl (C=O) groups is 1. The van der Waals surface area contributed by atoms with Crippen molar-refractivity contribution in [2.75, 3.05) is 20.3 Å². The summed E-state index contributed by atoms with van der Waals surface area (Å²) in [5.41, 5.74) is 1.92. The number of para-hydroxylation sites is 1. The van der Waals surface area contributed by atoms with E-state index in [4.69, 9.17) is 19.6 Å². The fourth-order valence-corrected chi connectivity index (χ4v) is 4.89. The summed E-state index contributed by atoms with van der Waals surface area (Å²) in [7, 11) is 1.55. The molecule has 37 heavy (non-hydrogen) atoms. The molecule has 1 N–H and O–H groups in total. The lowest BCUT2D eigenvalue weighted by Crippen LogP contribution is -2.35. The zero-order valence-corrected chi connectivity index (χ0v) is 22.0. The van der Waals surface area contributed by atoms with Gasteiger partial charge in [0.2, 0.25) is 5.17 Å². The molecular formula is C28H30N4O4S. The molecule has 0 aliphatic carbocycles. The lowest BCUT2D eigenvalue weighted by atomic mass is 10.1. The summed E-state index contributed by atoms with van der Waals surface area (Å²) in [5.74, 6) is 1.84. The van der Waals surface area contributed by atoms with Gasteiger partial charge in [0.05, 0.1) is 12.7 Å². The molecule has 8 nitrogen and oxygen atoms in total. The van der Waals surface area contributed by atoms with Crippen molar-refractivity contribution >= 4 is 39.8 Å². The number of nitrogens with zero attached hydrogens (tertiary/aromatic N) is 3. The van der Waals surface area contributed by atoms with Gasteiger partial charge in [0.15, 0.2) is 17.3 Å².